The number of halogens is 4. The highest BCUT2D eigenvalue weighted by Crippen LogP contribution is 2.14. The molecule has 0 rings (SSSR count). The Balaban J connectivity index is 0. The van der Waals surface area contributed by atoms with Gasteiger partial charge in [0.2, 0.25) is 0 Å². The van der Waals surface area contributed by atoms with Gasteiger partial charge >= 0.3 is 6.18 Å². The lowest BCUT2D eigenvalue weighted by Gasteiger charge is -2.19. The van der Waals surface area contributed by atoms with E-state index in [-0.39, 0.29) is 24.0 Å². The highest BCUT2D eigenvalue weighted by atomic mass is 127. The molecule has 0 aromatic heterocycles. The molecule has 0 radical (unpaired) electrons. The standard InChI is InChI=1S/C11H23F3N4.HI/c1-4-5-6-16-10(15-2)17-7-8-18(3)9-11(12,13)14;/h4-9H2,1-3H3,(H2,15,16,17);1H. The molecular formula is C11H24F3IN4. The number of guanidine groups is 1. The molecule has 0 bridgehead atoms. The van der Waals surface area contributed by atoms with Crippen LogP contribution in [0.15, 0.2) is 4.99 Å². The molecule has 116 valence electrons. The van der Waals surface area contributed by atoms with Crippen LogP contribution in [0.25, 0.3) is 0 Å². The van der Waals surface area contributed by atoms with Crippen LogP contribution in [-0.2, 0) is 0 Å². The molecule has 0 aliphatic heterocycles. The Hall–Kier alpha value is -0.250. The number of aliphatic imine (C=N–C) groups is 1. The normalized spacial score (nSPS) is 12.3. The van der Waals surface area contributed by atoms with Gasteiger partial charge in [-0.25, -0.2) is 0 Å². The van der Waals surface area contributed by atoms with Crippen LogP contribution >= 0.6 is 24.0 Å². The second-order valence-corrected chi connectivity index (χ2v) is 4.13. The summed E-state index contributed by atoms with van der Waals surface area (Å²) in [6.45, 7) is 2.75. The molecule has 0 atom stereocenters. The molecule has 2 N–H and O–H groups in total. The summed E-state index contributed by atoms with van der Waals surface area (Å²) in [7, 11) is 3.09. The Morgan fingerprint density at radius 3 is 2.26 bits per heavy atom. The van der Waals surface area contributed by atoms with E-state index in [4.69, 9.17) is 0 Å². The van der Waals surface area contributed by atoms with Gasteiger partial charge in [-0.1, -0.05) is 13.3 Å². The van der Waals surface area contributed by atoms with Crippen LogP contribution < -0.4 is 10.6 Å². The van der Waals surface area contributed by atoms with Gasteiger partial charge in [-0.2, -0.15) is 13.2 Å². The zero-order chi connectivity index (χ0) is 14.0. The number of alkyl halides is 3. The van der Waals surface area contributed by atoms with Gasteiger partial charge in [-0.3, -0.25) is 9.89 Å². The van der Waals surface area contributed by atoms with Crippen molar-refractivity contribution in [1.82, 2.24) is 15.5 Å². The van der Waals surface area contributed by atoms with Gasteiger partial charge in [-0.05, 0) is 13.5 Å². The van der Waals surface area contributed by atoms with Crippen LogP contribution in [0.2, 0.25) is 0 Å². The van der Waals surface area contributed by atoms with Crippen LogP contribution in [0.1, 0.15) is 19.8 Å². The molecular weight excluding hydrogens is 372 g/mol. The fourth-order valence-electron chi connectivity index (χ4n) is 1.35. The molecule has 0 unspecified atom stereocenters. The molecule has 0 aliphatic rings. The summed E-state index contributed by atoms with van der Waals surface area (Å²) >= 11 is 0. The number of unbranched alkanes of at least 4 members (excludes halogenated alkanes) is 1. The highest BCUT2D eigenvalue weighted by molar-refractivity contribution is 14.0. The van der Waals surface area contributed by atoms with Crippen molar-refractivity contribution < 1.29 is 13.2 Å². The minimum Gasteiger partial charge on any atom is -0.356 e. The van der Waals surface area contributed by atoms with Gasteiger partial charge in [0.15, 0.2) is 5.96 Å². The molecule has 0 amide bonds. The first-order chi connectivity index (χ1) is 8.39. The highest BCUT2D eigenvalue weighted by Gasteiger charge is 2.28. The number of rotatable bonds is 7. The summed E-state index contributed by atoms with van der Waals surface area (Å²) in [5.41, 5.74) is 0. The topological polar surface area (TPSA) is 39.7 Å². The Morgan fingerprint density at radius 1 is 1.21 bits per heavy atom. The summed E-state index contributed by atoms with van der Waals surface area (Å²) in [4.78, 5) is 5.21. The van der Waals surface area contributed by atoms with Gasteiger partial charge < -0.3 is 10.6 Å². The van der Waals surface area contributed by atoms with Gasteiger partial charge in [0.25, 0.3) is 0 Å². The lowest BCUT2D eigenvalue weighted by molar-refractivity contribution is -0.142. The molecule has 19 heavy (non-hydrogen) atoms. The summed E-state index contributed by atoms with van der Waals surface area (Å²) in [5, 5.41) is 6.07. The van der Waals surface area contributed by atoms with E-state index >= 15 is 0 Å². The van der Waals surface area contributed by atoms with Crippen molar-refractivity contribution in [3.8, 4) is 0 Å². The maximum atomic E-state index is 12.1. The predicted molar refractivity (Wildman–Crippen MR) is 83.2 cm³/mol. The zero-order valence-electron chi connectivity index (χ0n) is 11.7. The molecule has 0 spiro atoms. The van der Waals surface area contributed by atoms with E-state index in [1.54, 1.807) is 7.05 Å². The number of likely N-dealkylation sites (N-methyl/N-ethyl adjacent to an activating group) is 1. The van der Waals surface area contributed by atoms with Crippen molar-refractivity contribution in [2.45, 2.75) is 25.9 Å². The lowest BCUT2D eigenvalue weighted by atomic mass is 10.3. The number of nitrogens with one attached hydrogen (secondary N) is 2. The molecule has 0 saturated carbocycles. The van der Waals surface area contributed by atoms with E-state index < -0.39 is 12.7 Å². The summed E-state index contributed by atoms with van der Waals surface area (Å²) in [5.74, 6) is 0.629. The van der Waals surface area contributed by atoms with E-state index in [1.165, 1.54) is 11.9 Å². The molecule has 0 aromatic rings. The van der Waals surface area contributed by atoms with Crippen molar-refractivity contribution in [3.63, 3.8) is 0 Å². The third kappa shape index (κ3) is 14.0. The van der Waals surface area contributed by atoms with Crippen LogP contribution in [0.4, 0.5) is 13.2 Å². The largest absolute Gasteiger partial charge is 0.401 e. The first-order valence-electron chi connectivity index (χ1n) is 6.09. The Labute approximate surface area is 130 Å². The van der Waals surface area contributed by atoms with Crippen molar-refractivity contribution in [3.05, 3.63) is 0 Å². The molecule has 0 aliphatic carbocycles. The van der Waals surface area contributed by atoms with Gasteiger partial charge in [0.1, 0.15) is 0 Å². The molecule has 0 fully saturated rings. The van der Waals surface area contributed by atoms with Crippen molar-refractivity contribution >= 4 is 29.9 Å². The van der Waals surface area contributed by atoms with Crippen LogP contribution in [0, 0.1) is 0 Å². The zero-order valence-corrected chi connectivity index (χ0v) is 14.0. The van der Waals surface area contributed by atoms with E-state index in [0.717, 1.165) is 19.4 Å². The minimum absolute atomic E-state index is 0. The fourth-order valence-corrected chi connectivity index (χ4v) is 1.35. The Morgan fingerprint density at radius 2 is 1.79 bits per heavy atom. The van der Waals surface area contributed by atoms with Crippen molar-refractivity contribution in [1.29, 1.82) is 0 Å². The first kappa shape index (κ1) is 21.1. The maximum Gasteiger partial charge on any atom is 0.401 e. The Kier molecular flexibility index (Phi) is 12.8. The second-order valence-electron chi connectivity index (χ2n) is 4.13. The molecule has 4 nitrogen and oxygen atoms in total. The van der Waals surface area contributed by atoms with Crippen LogP contribution in [0.5, 0.6) is 0 Å². The predicted octanol–water partition coefficient (Wildman–Crippen LogP) is 2.06. The fraction of sp³-hybridized carbons (Fsp3) is 0.909. The maximum absolute atomic E-state index is 12.1. The summed E-state index contributed by atoms with van der Waals surface area (Å²) in [6.07, 6.45) is -2.03. The minimum atomic E-state index is -4.14. The SMILES string of the molecule is CCCCNC(=NC)NCCN(C)CC(F)(F)F.I. The molecule has 0 heterocycles. The smallest absolute Gasteiger partial charge is 0.356 e. The van der Waals surface area contributed by atoms with Gasteiger partial charge in [0, 0.05) is 26.7 Å². The third-order valence-electron chi connectivity index (χ3n) is 2.28. The first-order valence-corrected chi connectivity index (χ1v) is 6.09. The van der Waals surface area contributed by atoms with E-state index in [0.29, 0.717) is 19.0 Å². The number of hydrogen-bond acceptors (Lipinski definition) is 2. The third-order valence-corrected chi connectivity index (χ3v) is 2.28. The second kappa shape index (κ2) is 11.6. The summed E-state index contributed by atoms with van der Waals surface area (Å²) < 4.78 is 36.2. The van der Waals surface area contributed by atoms with Crippen LogP contribution in [0.3, 0.4) is 0 Å². The van der Waals surface area contributed by atoms with E-state index in [1.807, 2.05) is 0 Å². The Bertz CT molecular complexity index is 247. The molecule has 0 saturated heterocycles. The number of nitrogens with zero attached hydrogens (tertiary/aromatic N) is 2. The quantitative estimate of drug-likeness (QED) is 0.300. The van der Waals surface area contributed by atoms with Gasteiger partial charge in [-0.15, -0.1) is 24.0 Å². The van der Waals surface area contributed by atoms with Crippen molar-refractivity contribution in [2.24, 2.45) is 4.99 Å². The molecule has 8 heteroatoms. The number of hydrogen-bond donors (Lipinski definition) is 2. The van der Waals surface area contributed by atoms with Crippen LogP contribution in [-0.4, -0.2) is 57.3 Å². The average Bonchev–Trinajstić information content (AvgIpc) is 2.24. The van der Waals surface area contributed by atoms with E-state index in [9.17, 15) is 13.2 Å². The van der Waals surface area contributed by atoms with Crippen molar-refractivity contribution in [2.75, 3.05) is 40.3 Å². The summed E-state index contributed by atoms with van der Waals surface area (Å²) in [6, 6.07) is 0. The lowest BCUT2D eigenvalue weighted by Crippen LogP contribution is -2.42. The van der Waals surface area contributed by atoms with E-state index in [2.05, 4.69) is 22.5 Å². The average molecular weight is 396 g/mol. The van der Waals surface area contributed by atoms with Gasteiger partial charge in [0.05, 0.1) is 6.54 Å². The molecule has 0 aromatic carbocycles. The monoisotopic (exact) mass is 396 g/mol.